The van der Waals surface area contributed by atoms with E-state index in [-0.39, 0.29) is 16.7 Å². The summed E-state index contributed by atoms with van der Waals surface area (Å²) >= 11 is 5.53. The van der Waals surface area contributed by atoms with Crippen LogP contribution in [0.5, 0.6) is 0 Å². The molecule has 0 spiro atoms. The molecule has 0 atom stereocenters. The summed E-state index contributed by atoms with van der Waals surface area (Å²) in [5.74, 6) is 0.0538. The average molecular weight is 199 g/mol. The molecule has 1 aromatic carbocycles. The van der Waals surface area contributed by atoms with Gasteiger partial charge in [-0.15, -0.1) is 0 Å². The second kappa shape index (κ2) is 3.11. The lowest BCUT2D eigenvalue weighted by Gasteiger charge is -2.24. The third-order valence-corrected chi connectivity index (χ3v) is 2.67. The maximum atomic E-state index is 13.0. The third kappa shape index (κ3) is 1.59. The van der Waals surface area contributed by atoms with E-state index in [9.17, 15) is 9.18 Å². The van der Waals surface area contributed by atoms with Gasteiger partial charge in [-0.25, -0.2) is 4.39 Å². The Morgan fingerprint density at radius 3 is 2.62 bits per heavy atom. The highest BCUT2D eigenvalue weighted by Crippen LogP contribution is 2.34. The molecule has 0 aromatic heterocycles. The van der Waals surface area contributed by atoms with Crippen LogP contribution in [0.4, 0.5) is 4.39 Å². The van der Waals surface area contributed by atoms with Crippen LogP contribution in [0.3, 0.4) is 0 Å². The van der Waals surface area contributed by atoms with Crippen molar-refractivity contribution in [1.29, 1.82) is 0 Å². The minimum Gasteiger partial charge on any atom is -0.300 e. The number of rotatable bonds is 1. The first-order valence-electron chi connectivity index (χ1n) is 4.13. The van der Waals surface area contributed by atoms with Crippen LogP contribution >= 0.6 is 11.6 Å². The smallest absolute Gasteiger partial charge is 0.142 e. The summed E-state index contributed by atoms with van der Waals surface area (Å²) in [5.41, 5.74) is 0.876. The molecular formula is C10H8ClFO. The standard InChI is InChI=1S/C10H8ClFO/c11-9-2-1-6(5-10(9)12)7-3-8(13)4-7/h1-2,5,7H,3-4H2. The SMILES string of the molecule is O=C1CC(c2ccc(Cl)c(F)c2)C1. The number of benzene rings is 1. The van der Waals surface area contributed by atoms with Crippen molar-refractivity contribution >= 4 is 17.4 Å². The maximum absolute atomic E-state index is 13.0. The summed E-state index contributed by atoms with van der Waals surface area (Å²) < 4.78 is 13.0. The van der Waals surface area contributed by atoms with E-state index < -0.39 is 5.82 Å². The van der Waals surface area contributed by atoms with E-state index in [0.717, 1.165) is 5.56 Å². The van der Waals surface area contributed by atoms with Gasteiger partial charge in [-0.05, 0) is 23.6 Å². The normalized spacial score (nSPS) is 17.2. The van der Waals surface area contributed by atoms with Crippen molar-refractivity contribution in [2.75, 3.05) is 0 Å². The van der Waals surface area contributed by atoms with Crippen LogP contribution in [0.2, 0.25) is 5.02 Å². The monoisotopic (exact) mass is 198 g/mol. The highest BCUT2D eigenvalue weighted by Gasteiger charge is 2.28. The topological polar surface area (TPSA) is 17.1 Å². The van der Waals surface area contributed by atoms with Gasteiger partial charge in [0.1, 0.15) is 11.6 Å². The van der Waals surface area contributed by atoms with Gasteiger partial charge in [-0.3, -0.25) is 4.79 Å². The van der Waals surface area contributed by atoms with Gasteiger partial charge in [0.05, 0.1) is 5.02 Å². The van der Waals surface area contributed by atoms with E-state index in [1.165, 1.54) is 12.1 Å². The molecule has 68 valence electrons. The van der Waals surface area contributed by atoms with Crippen molar-refractivity contribution in [1.82, 2.24) is 0 Å². The molecule has 0 aliphatic heterocycles. The number of ketones is 1. The fourth-order valence-electron chi connectivity index (χ4n) is 1.49. The molecule has 1 saturated carbocycles. The van der Waals surface area contributed by atoms with Crippen molar-refractivity contribution < 1.29 is 9.18 Å². The Kier molecular flexibility index (Phi) is 2.08. The molecule has 2 rings (SSSR count). The Balaban J connectivity index is 2.22. The largest absolute Gasteiger partial charge is 0.300 e. The number of halogens is 2. The molecule has 3 heteroatoms. The lowest BCUT2D eigenvalue weighted by Crippen LogP contribution is -2.21. The summed E-state index contributed by atoms with van der Waals surface area (Å²) in [6, 6.07) is 4.73. The number of hydrogen-bond acceptors (Lipinski definition) is 1. The third-order valence-electron chi connectivity index (χ3n) is 2.36. The van der Waals surface area contributed by atoms with E-state index in [4.69, 9.17) is 11.6 Å². The molecule has 1 fully saturated rings. The Morgan fingerprint density at radius 1 is 1.38 bits per heavy atom. The quantitative estimate of drug-likeness (QED) is 0.678. The summed E-state index contributed by atoms with van der Waals surface area (Å²) in [5, 5.41) is 0.134. The van der Waals surface area contributed by atoms with Crippen molar-refractivity contribution in [3.8, 4) is 0 Å². The molecule has 0 amide bonds. The minimum atomic E-state index is -0.404. The zero-order valence-corrected chi connectivity index (χ0v) is 7.64. The first-order chi connectivity index (χ1) is 6.16. The number of carbonyl (C=O) groups excluding carboxylic acids is 1. The minimum absolute atomic E-state index is 0.134. The van der Waals surface area contributed by atoms with Crippen LogP contribution in [-0.4, -0.2) is 5.78 Å². The fourth-order valence-corrected chi connectivity index (χ4v) is 1.61. The first-order valence-corrected chi connectivity index (χ1v) is 4.51. The number of carbonyl (C=O) groups is 1. The van der Waals surface area contributed by atoms with Crippen LogP contribution < -0.4 is 0 Å². The molecule has 1 nitrogen and oxygen atoms in total. The van der Waals surface area contributed by atoms with E-state index >= 15 is 0 Å². The highest BCUT2D eigenvalue weighted by atomic mass is 35.5. The van der Waals surface area contributed by atoms with Crippen molar-refractivity contribution in [3.05, 3.63) is 34.6 Å². The van der Waals surface area contributed by atoms with Gasteiger partial charge in [0.15, 0.2) is 0 Å². The van der Waals surface area contributed by atoms with Crippen molar-refractivity contribution in [2.24, 2.45) is 0 Å². The summed E-state index contributed by atoms with van der Waals surface area (Å²) in [7, 11) is 0. The Morgan fingerprint density at radius 2 is 2.08 bits per heavy atom. The van der Waals surface area contributed by atoms with E-state index in [1.54, 1.807) is 6.07 Å². The first kappa shape index (κ1) is 8.70. The highest BCUT2D eigenvalue weighted by molar-refractivity contribution is 6.30. The van der Waals surface area contributed by atoms with Gasteiger partial charge in [0.2, 0.25) is 0 Å². The number of Topliss-reactive ketones (excluding diaryl/α,β-unsaturated/α-hetero) is 1. The maximum Gasteiger partial charge on any atom is 0.142 e. The van der Waals surface area contributed by atoms with Crippen molar-refractivity contribution in [3.63, 3.8) is 0 Å². The summed E-state index contributed by atoms with van der Waals surface area (Å²) in [6.07, 6.45) is 1.09. The predicted octanol–water partition coefficient (Wildman–Crippen LogP) is 2.93. The Labute approximate surface area is 80.5 Å². The molecule has 1 aliphatic rings. The second-order valence-corrected chi connectivity index (χ2v) is 3.72. The predicted molar refractivity (Wildman–Crippen MR) is 48.4 cm³/mol. The van der Waals surface area contributed by atoms with Crippen LogP contribution in [0.25, 0.3) is 0 Å². The van der Waals surface area contributed by atoms with Crippen molar-refractivity contribution in [2.45, 2.75) is 18.8 Å². The lowest BCUT2D eigenvalue weighted by molar-refractivity contribution is -0.124. The summed E-state index contributed by atoms with van der Waals surface area (Å²) in [4.78, 5) is 10.7. The van der Waals surface area contributed by atoms with Crippen LogP contribution in [0.15, 0.2) is 18.2 Å². The Hall–Kier alpha value is -0.890. The molecular weight excluding hydrogens is 191 g/mol. The fraction of sp³-hybridized carbons (Fsp3) is 0.300. The van der Waals surface area contributed by atoms with Gasteiger partial charge >= 0.3 is 0 Å². The van der Waals surface area contributed by atoms with Crippen LogP contribution in [0.1, 0.15) is 24.3 Å². The van der Waals surface area contributed by atoms with Crippen LogP contribution in [-0.2, 0) is 4.79 Å². The van der Waals surface area contributed by atoms with E-state index in [2.05, 4.69) is 0 Å². The molecule has 13 heavy (non-hydrogen) atoms. The van der Waals surface area contributed by atoms with E-state index in [0.29, 0.717) is 12.8 Å². The molecule has 0 saturated heterocycles. The summed E-state index contributed by atoms with van der Waals surface area (Å²) in [6.45, 7) is 0. The zero-order valence-electron chi connectivity index (χ0n) is 6.89. The molecule has 0 unspecified atom stereocenters. The number of hydrogen-bond donors (Lipinski definition) is 0. The zero-order chi connectivity index (χ0) is 9.42. The average Bonchev–Trinajstić information content (AvgIpc) is 2.05. The molecule has 0 heterocycles. The molecule has 1 aliphatic carbocycles. The Bertz CT molecular complexity index is 354. The van der Waals surface area contributed by atoms with E-state index in [1.807, 2.05) is 0 Å². The second-order valence-electron chi connectivity index (χ2n) is 3.32. The van der Waals surface area contributed by atoms with Gasteiger partial charge in [0, 0.05) is 12.8 Å². The molecule has 0 radical (unpaired) electrons. The van der Waals surface area contributed by atoms with Gasteiger partial charge in [-0.2, -0.15) is 0 Å². The van der Waals surface area contributed by atoms with Gasteiger partial charge < -0.3 is 0 Å². The van der Waals surface area contributed by atoms with Gasteiger partial charge in [0.25, 0.3) is 0 Å². The molecule has 0 bridgehead atoms. The molecule has 0 N–H and O–H groups in total. The van der Waals surface area contributed by atoms with Crippen LogP contribution in [0, 0.1) is 5.82 Å². The molecule has 1 aromatic rings. The van der Waals surface area contributed by atoms with Gasteiger partial charge in [-0.1, -0.05) is 17.7 Å². The lowest BCUT2D eigenvalue weighted by atomic mass is 9.79.